The number of nitrogens with zero attached hydrogens (tertiary/aromatic N) is 2. The van der Waals surface area contributed by atoms with Gasteiger partial charge in [0.1, 0.15) is 6.54 Å². The summed E-state index contributed by atoms with van der Waals surface area (Å²) in [5.41, 5.74) is 0. The third kappa shape index (κ3) is 4.64. The van der Waals surface area contributed by atoms with Crippen LogP contribution < -0.4 is 0 Å². The molecule has 0 heterocycles. The molecule has 0 saturated heterocycles. The Morgan fingerprint density at radius 3 is 2.39 bits per heavy atom. The molecule has 1 rings (SSSR count). The first kappa shape index (κ1) is 15.0. The lowest BCUT2D eigenvalue weighted by Gasteiger charge is -2.26. The number of hydrogen-bond donors (Lipinski definition) is 0. The van der Waals surface area contributed by atoms with E-state index in [2.05, 4.69) is 11.8 Å². The van der Waals surface area contributed by atoms with Crippen LogP contribution in [0.5, 0.6) is 0 Å². The minimum atomic E-state index is -0.355. The van der Waals surface area contributed by atoms with Gasteiger partial charge in [-0.15, -0.1) is 0 Å². The van der Waals surface area contributed by atoms with Crippen molar-refractivity contribution >= 4 is 11.9 Å². The molecule has 0 aromatic heterocycles. The number of carbonyl (C=O) groups is 2. The average Bonchev–Trinajstić information content (AvgIpc) is 3.11. The Labute approximate surface area is 109 Å². The lowest BCUT2D eigenvalue weighted by atomic mass is 10.2. The molecule has 1 amide bonds. The summed E-state index contributed by atoms with van der Waals surface area (Å²) >= 11 is 0. The molecular weight excluding hydrogens is 232 g/mol. The van der Waals surface area contributed by atoms with E-state index in [9.17, 15) is 9.59 Å². The van der Waals surface area contributed by atoms with E-state index in [1.54, 1.807) is 14.0 Å². The third-order valence-electron chi connectivity index (χ3n) is 3.48. The van der Waals surface area contributed by atoms with E-state index in [-0.39, 0.29) is 18.4 Å². The molecular formula is C13H24N2O3. The Kier molecular flexibility index (Phi) is 5.59. The van der Waals surface area contributed by atoms with Gasteiger partial charge in [-0.25, -0.2) is 0 Å². The highest BCUT2D eigenvalue weighted by Crippen LogP contribution is 2.34. The Balaban J connectivity index is 2.31. The molecule has 0 bridgehead atoms. The zero-order valence-corrected chi connectivity index (χ0v) is 11.8. The van der Waals surface area contributed by atoms with Gasteiger partial charge in [0.15, 0.2) is 0 Å². The highest BCUT2D eigenvalue weighted by molar-refractivity contribution is 5.83. The summed E-state index contributed by atoms with van der Waals surface area (Å²) in [4.78, 5) is 26.7. The van der Waals surface area contributed by atoms with Crippen LogP contribution in [-0.2, 0) is 14.3 Å². The number of carbonyl (C=O) groups excluding carboxylic acids is 2. The number of hydrogen-bond acceptors (Lipinski definition) is 4. The molecule has 0 spiro atoms. The molecule has 1 atom stereocenters. The predicted molar refractivity (Wildman–Crippen MR) is 69.1 cm³/mol. The quantitative estimate of drug-likeness (QED) is 0.630. The molecule has 0 unspecified atom stereocenters. The van der Waals surface area contributed by atoms with Gasteiger partial charge in [0, 0.05) is 13.1 Å². The van der Waals surface area contributed by atoms with Crippen LogP contribution in [0.1, 0.15) is 26.7 Å². The molecule has 0 aromatic rings. The van der Waals surface area contributed by atoms with Crippen molar-refractivity contribution in [1.82, 2.24) is 9.80 Å². The van der Waals surface area contributed by atoms with Gasteiger partial charge in [0.25, 0.3) is 0 Å². The fourth-order valence-corrected chi connectivity index (χ4v) is 1.91. The number of rotatable bonds is 7. The number of esters is 1. The molecule has 1 aliphatic rings. The second-order valence-corrected chi connectivity index (χ2v) is 5.05. The zero-order chi connectivity index (χ0) is 13.7. The summed E-state index contributed by atoms with van der Waals surface area (Å²) in [6, 6.07) is 0.435. The number of ether oxygens (including phenoxy) is 1. The van der Waals surface area contributed by atoms with Crippen LogP contribution in [0.3, 0.4) is 0 Å². The summed E-state index contributed by atoms with van der Waals surface area (Å²) in [6.07, 6.45) is 2.52. The summed E-state index contributed by atoms with van der Waals surface area (Å²) in [7, 11) is 3.59. The second-order valence-electron chi connectivity index (χ2n) is 5.05. The minimum absolute atomic E-state index is 0.0261. The lowest BCUT2D eigenvalue weighted by molar-refractivity contribution is -0.148. The van der Waals surface area contributed by atoms with Gasteiger partial charge in [-0.05, 0) is 39.7 Å². The summed E-state index contributed by atoms with van der Waals surface area (Å²) < 4.78 is 4.82. The molecule has 0 aliphatic heterocycles. The molecule has 0 N–H and O–H groups in total. The van der Waals surface area contributed by atoms with Crippen molar-refractivity contribution in [3.05, 3.63) is 0 Å². The molecule has 18 heavy (non-hydrogen) atoms. The van der Waals surface area contributed by atoms with Crippen molar-refractivity contribution < 1.29 is 14.3 Å². The van der Waals surface area contributed by atoms with Crippen LogP contribution in [0.25, 0.3) is 0 Å². The first-order valence-electron chi connectivity index (χ1n) is 6.55. The molecule has 104 valence electrons. The van der Waals surface area contributed by atoms with E-state index in [0.717, 1.165) is 5.92 Å². The first-order chi connectivity index (χ1) is 8.45. The van der Waals surface area contributed by atoms with Crippen LogP contribution in [0, 0.1) is 5.92 Å². The molecule has 5 heteroatoms. The Bertz CT molecular complexity index is 303. The van der Waals surface area contributed by atoms with E-state index in [1.807, 2.05) is 7.05 Å². The normalized spacial score (nSPS) is 16.5. The maximum atomic E-state index is 11.9. The predicted octanol–water partition coefficient (Wildman–Crippen LogP) is 0.738. The fraction of sp³-hybridized carbons (Fsp3) is 0.846. The van der Waals surface area contributed by atoms with E-state index in [4.69, 9.17) is 4.74 Å². The van der Waals surface area contributed by atoms with Gasteiger partial charge >= 0.3 is 5.97 Å². The highest BCUT2D eigenvalue weighted by atomic mass is 16.5. The molecule has 1 fully saturated rings. The summed E-state index contributed by atoms with van der Waals surface area (Å²) in [5, 5.41) is 0. The van der Waals surface area contributed by atoms with Gasteiger partial charge in [-0.1, -0.05) is 0 Å². The van der Waals surface area contributed by atoms with E-state index in [0.29, 0.717) is 19.2 Å². The zero-order valence-electron chi connectivity index (χ0n) is 11.8. The molecule has 5 nitrogen and oxygen atoms in total. The van der Waals surface area contributed by atoms with E-state index >= 15 is 0 Å². The van der Waals surface area contributed by atoms with E-state index in [1.165, 1.54) is 17.7 Å². The van der Waals surface area contributed by atoms with Crippen LogP contribution in [0.2, 0.25) is 0 Å². The fourth-order valence-electron chi connectivity index (χ4n) is 1.91. The van der Waals surface area contributed by atoms with Crippen molar-refractivity contribution in [2.45, 2.75) is 32.7 Å². The van der Waals surface area contributed by atoms with Crippen LogP contribution in [0.15, 0.2) is 0 Å². The van der Waals surface area contributed by atoms with E-state index < -0.39 is 0 Å². The molecule has 1 aliphatic carbocycles. The van der Waals surface area contributed by atoms with Crippen molar-refractivity contribution in [3.63, 3.8) is 0 Å². The first-order valence-corrected chi connectivity index (χ1v) is 6.55. The largest absolute Gasteiger partial charge is 0.465 e. The smallest absolute Gasteiger partial charge is 0.325 e. The van der Waals surface area contributed by atoms with Crippen LogP contribution in [-0.4, -0.2) is 61.5 Å². The van der Waals surface area contributed by atoms with Gasteiger partial charge in [0.05, 0.1) is 13.2 Å². The van der Waals surface area contributed by atoms with Crippen molar-refractivity contribution in [3.8, 4) is 0 Å². The SMILES string of the molecule is CCOC(=O)CN(C)C(=O)CN(C)[C@H](C)C1CC1. The number of likely N-dealkylation sites (N-methyl/N-ethyl adjacent to an activating group) is 2. The van der Waals surface area contributed by atoms with Gasteiger partial charge in [-0.2, -0.15) is 0 Å². The monoisotopic (exact) mass is 256 g/mol. The molecule has 0 aromatic carbocycles. The van der Waals surface area contributed by atoms with Crippen molar-refractivity contribution in [1.29, 1.82) is 0 Å². The highest BCUT2D eigenvalue weighted by Gasteiger charge is 2.31. The number of amides is 1. The Hall–Kier alpha value is -1.10. The maximum Gasteiger partial charge on any atom is 0.325 e. The second kappa shape index (κ2) is 6.73. The minimum Gasteiger partial charge on any atom is -0.465 e. The lowest BCUT2D eigenvalue weighted by Crippen LogP contribution is -2.42. The standard InChI is InChI=1S/C13H24N2O3/c1-5-18-13(17)9-15(4)12(16)8-14(3)10(2)11-6-7-11/h10-11H,5-9H2,1-4H3/t10-/m1/s1. The Morgan fingerprint density at radius 1 is 1.28 bits per heavy atom. The van der Waals surface area contributed by atoms with Gasteiger partial charge in [-0.3, -0.25) is 14.5 Å². The maximum absolute atomic E-state index is 11.9. The third-order valence-corrected chi connectivity index (χ3v) is 3.48. The topological polar surface area (TPSA) is 49.9 Å². The van der Waals surface area contributed by atoms with Crippen LogP contribution in [0.4, 0.5) is 0 Å². The summed E-state index contributed by atoms with van der Waals surface area (Å²) in [5.74, 6) is 0.336. The Morgan fingerprint density at radius 2 is 1.89 bits per heavy atom. The molecule has 0 radical (unpaired) electrons. The molecule has 1 saturated carbocycles. The van der Waals surface area contributed by atoms with Gasteiger partial charge < -0.3 is 9.64 Å². The van der Waals surface area contributed by atoms with Crippen LogP contribution >= 0.6 is 0 Å². The summed E-state index contributed by atoms with van der Waals surface area (Å²) in [6.45, 7) is 4.63. The van der Waals surface area contributed by atoms with Crippen molar-refractivity contribution in [2.75, 3.05) is 33.8 Å². The van der Waals surface area contributed by atoms with Crippen molar-refractivity contribution in [2.24, 2.45) is 5.92 Å². The average molecular weight is 256 g/mol. The van der Waals surface area contributed by atoms with Gasteiger partial charge in [0.2, 0.25) is 5.91 Å².